The molecule has 10 heteroatoms. The Bertz CT molecular complexity index is 2170. The number of phenolic OH excluding ortho intramolecular Hbond substituents is 1. The van der Waals surface area contributed by atoms with Crippen molar-refractivity contribution >= 4 is 46.6 Å². The van der Waals surface area contributed by atoms with Crippen molar-refractivity contribution in [2.75, 3.05) is 16.9 Å². The molecule has 0 aromatic heterocycles. The second-order valence-corrected chi connectivity index (χ2v) is 14.6. The Kier molecular flexibility index (Phi) is 8.21. The summed E-state index contributed by atoms with van der Waals surface area (Å²) in [5.41, 5.74) is 6.16. The van der Waals surface area contributed by atoms with Crippen LogP contribution in [0.1, 0.15) is 47.9 Å². The van der Waals surface area contributed by atoms with Gasteiger partial charge in [0.15, 0.2) is 11.5 Å². The van der Waals surface area contributed by atoms with Crippen LogP contribution in [0.2, 0.25) is 5.02 Å². The van der Waals surface area contributed by atoms with Crippen LogP contribution in [-0.2, 0) is 24.6 Å². The van der Waals surface area contributed by atoms with Crippen molar-refractivity contribution in [1.29, 1.82) is 0 Å². The molecule has 4 aliphatic rings. The van der Waals surface area contributed by atoms with Crippen LogP contribution in [0, 0.1) is 37.5 Å². The summed E-state index contributed by atoms with van der Waals surface area (Å²) < 4.78 is 5.83. The van der Waals surface area contributed by atoms with Gasteiger partial charge >= 0.3 is 0 Å². The SMILES string of the molecule is CCOc1cccc([C@H]2C3=CC[C@@H]4C(=O)N(c5ccc(C)c(Cl)c5)C(=O)[C@@H]4[C@@H]3C[C@H]3C(=O)N(Nc4ccc(C)cc4)C(=O)[C@@]23c2ccccc2)c1O. The predicted molar refractivity (Wildman–Crippen MR) is 197 cm³/mol. The maximum atomic E-state index is 15.3. The number of fused-ring (bicyclic) bond motifs is 4. The molecule has 264 valence electrons. The molecule has 0 spiro atoms. The number of allylic oxidation sites excluding steroid dienone is 2. The number of anilines is 2. The summed E-state index contributed by atoms with van der Waals surface area (Å²) in [5.74, 6) is -5.36. The minimum absolute atomic E-state index is 0.137. The van der Waals surface area contributed by atoms with E-state index in [1.54, 1.807) is 36.4 Å². The Hall–Kier alpha value is -5.41. The van der Waals surface area contributed by atoms with Gasteiger partial charge in [-0.3, -0.25) is 24.6 Å². The van der Waals surface area contributed by atoms with Crippen LogP contribution in [0.15, 0.2) is 103 Å². The number of hydrazine groups is 1. The molecule has 8 rings (SSSR count). The van der Waals surface area contributed by atoms with Gasteiger partial charge in [0.1, 0.15) is 0 Å². The van der Waals surface area contributed by atoms with Gasteiger partial charge < -0.3 is 9.84 Å². The number of hydrogen-bond donors (Lipinski definition) is 2. The molecule has 52 heavy (non-hydrogen) atoms. The Balaban J connectivity index is 1.33. The highest BCUT2D eigenvalue weighted by molar-refractivity contribution is 6.32. The molecule has 4 aromatic rings. The normalized spacial score (nSPS) is 26.5. The van der Waals surface area contributed by atoms with E-state index < -0.39 is 46.8 Å². The lowest BCUT2D eigenvalue weighted by Gasteiger charge is -2.50. The number of amides is 4. The van der Waals surface area contributed by atoms with Crippen LogP contribution < -0.4 is 15.1 Å². The number of halogens is 1. The van der Waals surface area contributed by atoms with E-state index in [1.807, 2.05) is 81.4 Å². The third kappa shape index (κ3) is 4.89. The minimum Gasteiger partial charge on any atom is -0.504 e. The van der Waals surface area contributed by atoms with Gasteiger partial charge in [0, 0.05) is 16.5 Å². The lowest BCUT2D eigenvalue weighted by atomic mass is 9.49. The Labute approximate surface area is 306 Å². The maximum absolute atomic E-state index is 15.3. The maximum Gasteiger partial charge on any atom is 0.260 e. The van der Waals surface area contributed by atoms with Crippen LogP contribution in [0.25, 0.3) is 0 Å². The molecule has 4 aromatic carbocycles. The molecule has 1 saturated carbocycles. The number of carbonyl (C=O) groups is 4. The number of ether oxygens (including phenoxy) is 1. The summed E-state index contributed by atoms with van der Waals surface area (Å²) in [6.45, 7) is 5.92. The van der Waals surface area contributed by atoms with E-state index in [9.17, 15) is 19.5 Å². The van der Waals surface area contributed by atoms with Crippen molar-refractivity contribution in [3.8, 4) is 11.5 Å². The third-order valence-electron chi connectivity index (χ3n) is 11.4. The summed E-state index contributed by atoms with van der Waals surface area (Å²) in [7, 11) is 0. The number of phenols is 1. The van der Waals surface area contributed by atoms with Gasteiger partial charge in [0.25, 0.3) is 11.8 Å². The molecule has 2 N–H and O–H groups in total. The number of aryl methyl sites for hydroxylation is 2. The Morgan fingerprint density at radius 3 is 2.35 bits per heavy atom. The fraction of sp³-hybridized carbons (Fsp3) is 0.286. The smallest absolute Gasteiger partial charge is 0.260 e. The van der Waals surface area contributed by atoms with Crippen molar-refractivity contribution < 1.29 is 29.0 Å². The van der Waals surface area contributed by atoms with Gasteiger partial charge in [-0.05, 0) is 81.0 Å². The zero-order valence-electron chi connectivity index (χ0n) is 29.0. The van der Waals surface area contributed by atoms with E-state index in [0.29, 0.717) is 34.1 Å². The number of hydrogen-bond acceptors (Lipinski definition) is 7. The fourth-order valence-corrected chi connectivity index (χ4v) is 9.29. The first kappa shape index (κ1) is 33.7. The molecule has 2 aliphatic heterocycles. The first-order valence-electron chi connectivity index (χ1n) is 17.6. The van der Waals surface area contributed by atoms with Gasteiger partial charge in [-0.1, -0.05) is 89.5 Å². The molecular formula is C42H38ClN3O6. The molecule has 6 atom stereocenters. The molecule has 2 aliphatic carbocycles. The van der Waals surface area contributed by atoms with E-state index in [1.165, 1.54) is 4.90 Å². The Morgan fingerprint density at radius 1 is 0.885 bits per heavy atom. The third-order valence-corrected chi connectivity index (χ3v) is 11.9. The number of para-hydroxylation sites is 1. The average Bonchev–Trinajstić information content (AvgIpc) is 3.52. The second kappa shape index (κ2) is 12.7. The lowest BCUT2D eigenvalue weighted by molar-refractivity contribution is -0.138. The van der Waals surface area contributed by atoms with Gasteiger partial charge in [-0.25, -0.2) is 4.90 Å². The summed E-state index contributed by atoms with van der Waals surface area (Å²) >= 11 is 6.46. The molecule has 2 saturated heterocycles. The van der Waals surface area contributed by atoms with Crippen LogP contribution in [0.5, 0.6) is 11.5 Å². The van der Waals surface area contributed by atoms with Crippen LogP contribution in [0.3, 0.4) is 0 Å². The summed E-state index contributed by atoms with van der Waals surface area (Å²) in [6.07, 6.45) is 2.36. The van der Waals surface area contributed by atoms with E-state index in [4.69, 9.17) is 16.3 Å². The van der Waals surface area contributed by atoms with Gasteiger partial charge in [-0.2, -0.15) is 5.01 Å². The number of rotatable bonds is 7. The number of aromatic hydroxyl groups is 1. The summed E-state index contributed by atoms with van der Waals surface area (Å²) in [6, 6.07) is 26.9. The van der Waals surface area contributed by atoms with Crippen molar-refractivity contribution in [1.82, 2.24) is 5.01 Å². The fourth-order valence-electron chi connectivity index (χ4n) is 9.11. The first-order valence-corrected chi connectivity index (χ1v) is 18.0. The number of benzene rings is 4. The largest absolute Gasteiger partial charge is 0.504 e. The van der Waals surface area contributed by atoms with Crippen molar-refractivity contribution in [3.05, 3.63) is 130 Å². The number of imide groups is 2. The predicted octanol–water partition coefficient (Wildman–Crippen LogP) is 7.25. The molecule has 3 fully saturated rings. The summed E-state index contributed by atoms with van der Waals surface area (Å²) in [4.78, 5) is 60.1. The van der Waals surface area contributed by atoms with Crippen molar-refractivity contribution in [3.63, 3.8) is 0 Å². The van der Waals surface area contributed by atoms with Crippen molar-refractivity contribution in [2.45, 2.75) is 44.9 Å². The van der Waals surface area contributed by atoms with Gasteiger partial charge in [0.05, 0.1) is 41.2 Å². The highest BCUT2D eigenvalue weighted by Crippen LogP contribution is 2.65. The Morgan fingerprint density at radius 2 is 1.63 bits per heavy atom. The highest BCUT2D eigenvalue weighted by atomic mass is 35.5. The minimum atomic E-state index is -1.51. The zero-order valence-corrected chi connectivity index (χ0v) is 29.8. The standard InChI is InChI=1S/C42H38ClN3O6/c1-4-52-34-12-8-11-30(37(34)47)36-28-19-20-29-35(40(50)45(38(29)48)27-18-15-24(3)33(43)21-27)31(28)22-32-39(49)46(44-26-16-13-23(2)14-17-26)41(51)42(32,36)25-9-6-5-7-10-25/h5-19,21,29,31-32,35-36,44,47H,4,20,22H2,1-3H3/t29-,31+,32-,35-,36+,42+/m0/s1. The number of nitrogens with zero attached hydrogens (tertiary/aromatic N) is 2. The quantitative estimate of drug-likeness (QED) is 0.153. The molecule has 9 nitrogen and oxygen atoms in total. The van der Waals surface area contributed by atoms with E-state index in [2.05, 4.69) is 5.43 Å². The monoisotopic (exact) mass is 715 g/mol. The summed E-state index contributed by atoms with van der Waals surface area (Å²) in [5, 5.41) is 13.5. The number of carbonyl (C=O) groups excluding carboxylic acids is 4. The van der Waals surface area contributed by atoms with E-state index in [-0.39, 0.29) is 36.2 Å². The van der Waals surface area contributed by atoms with Crippen LogP contribution >= 0.6 is 11.6 Å². The van der Waals surface area contributed by atoms with Gasteiger partial charge in [0.2, 0.25) is 11.8 Å². The first-order chi connectivity index (χ1) is 25.1. The highest BCUT2D eigenvalue weighted by Gasteiger charge is 2.70. The molecule has 0 radical (unpaired) electrons. The van der Waals surface area contributed by atoms with Gasteiger partial charge in [-0.15, -0.1) is 0 Å². The van der Waals surface area contributed by atoms with Crippen LogP contribution in [0.4, 0.5) is 11.4 Å². The number of nitrogens with one attached hydrogen (secondary N) is 1. The average molecular weight is 716 g/mol. The topological polar surface area (TPSA) is 116 Å². The van der Waals surface area contributed by atoms with Crippen LogP contribution in [-0.4, -0.2) is 40.4 Å². The molecule has 0 bridgehead atoms. The second-order valence-electron chi connectivity index (χ2n) is 14.2. The van der Waals surface area contributed by atoms with E-state index in [0.717, 1.165) is 21.7 Å². The molecule has 4 amide bonds. The van der Waals surface area contributed by atoms with Crippen molar-refractivity contribution in [2.24, 2.45) is 23.7 Å². The molecule has 0 unspecified atom stereocenters. The zero-order chi connectivity index (χ0) is 36.5. The van der Waals surface area contributed by atoms with E-state index >= 15 is 4.79 Å². The molecule has 2 heterocycles. The molecular weight excluding hydrogens is 678 g/mol. The lowest BCUT2D eigenvalue weighted by Crippen LogP contribution is -2.53.